The van der Waals surface area contributed by atoms with Crippen LogP contribution in [0.15, 0.2) is 18.2 Å². The molecule has 0 bridgehead atoms. The second kappa shape index (κ2) is 2.01. The maximum Gasteiger partial charge on any atom is 0.139 e. The van der Waals surface area contributed by atoms with E-state index in [1.54, 1.807) is 12.1 Å². The van der Waals surface area contributed by atoms with Gasteiger partial charge in [-0.2, -0.15) is 0 Å². The lowest BCUT2D eigenvalue weighted by Crippen LogP contribution is -2.00. The largest absolute Gasteiger partial charge is 0.506 e. The van der Waals surface area contributed by atoms with E-state index in [1.807, 2.05) is 13.9 Å². The molecule has 2 nitrogen and oxygen atoms in total. The van der Waals surface area contributed by atoms with Crippen LogP contribution >= 0.6 is 0 Å². The lowest BCUT2D eigenvalue weighted by molar-refractivity contribution is 0.478. The van der Waals surface area contributed by atoms with Crippen molar-refractivity contribution in [1.29, 1.82) is 0 Å². The Labute approximate surface area is 54.7 Å². The number of hydrogen-bond acceptors (Lipinski definition) is 2. The van der Waals surface area contributed by atoms with Crippen LogP contribution in [0.4, 0.5) is 5.69 Å². The third-order valence-corrected chi connectivity index (χ3v) is 1.19. The minimum atomic E-state index is 0.162. The first-order valence-corrected chi connectivity index (χ1v) is 2.75. The van der Waals surface area contributed by atoms with Crippen LogP contribution in [0.5, 0.6) is 5.75 Å². The molecule has 0 heterocycles. The van der Waals surface area contributed by atoms with Crippen LogP contribution < -0.4 is 11.2 Å². The van der Waals surface area contributed by atoms with Gasteiger partial charge in [0.25, 0.3) is 0 Å². The molecule has 0 unspecified atom stereocenters. The molecule has 3 heteroatoms. The third-order valence-electron chi connectivity index (χ3n) is 1.19. The number of phenols is 1. The van der Waals surface area contributed by atoms with Crippen molar-refractivity contribution in [2.75, 3.05) is 5.73 Å². The monoisotopic (exact) mass is 121 g/mol. The summed E-state index contributed by atoms with van der Waals surface area (Å²) in [6.07, 6.45) is 0. The van der Waals surface area contributed by atoms with Gasteiger partial charge >= 0.3 is 0 Å². The zero-order chi connectivity index (χ0) is 6.85. The molecule has 9 heavy (non-hydrogen) atoms. The highest BCUT2D eigenvalue weighted by molar-refractivity contribution is 6.32. The average Bonchev–Trinajstić information content (AvgIpc) is 1.80. The number of rotatable bonds is 0. The topological polar surface area (TPSA) is 46.2 Å². The van der Waals surface area contributed by atoms with Gasteiger partial charge in [-0.3, -0.25) is 0 Å². The molecular formula is C6H8BNO. The normalized spacial score (nSPS) is 9.33. The van der Waals surface area contributed by atoms with E-state index in [4.69, 9.17) is 10.8 Å². The minimum absolute atomic E-state index is 0.162. The summed E-state index contributed by atoms with van der Waals surface area (Å²) in [4.78, 5) is 0. The Kier molecular flexibility index (Phi) is 1.34. The molecule has 0 amide bonds. The van der Waals surface area contributed by atoms with Gasteiger partial charge in [-0.1, -0.05) is 11.5 Å². The summed E-state index contributed by atoms with van der Waals surface area (Å²) in [6.45, 7) is 0. The Bertz CT molecular complexity index is 224. The molecule has 3 N–H and O–H groups in total. The first-order valence-electron chi connectivity index (χ1n) is 2.75. The SMILES string of the molecule is Bc1ccc(N)c(O)c1. The Balaban J connectivity index is 3.17. The zero-order valence-corrected chi connectivity index (χ0v) is 5.26. The molecule has 0 saturated carbocycles. The van der Waals surface area contributed by atoms with Gasteiger partial charge in [-0.05, 0) is 12.1 Å². The molecule has 0 radical (unpaired) electrons. The molecule has 1 rings (SSSR count). The van der Waals surface area contributed by atoms with Crippen molar-refractivity contribution in [3.05, 3.63) is 18.2 Å². The Hall–Kier alpha value is -1.12. The predicted molar refractivity (Wildman–Crippen MR) is 40.7 cm³/mol. The summed E-state index contributed by atoms with van der Waals surface area (Å²) in [7, 11) is 1.90. The van der Waals surface area contributed by atoms with Gasteiger partial charge in [0, 0.05) is 0 Å². The number of nitrogen functional groups attached to an aromatic ring is 1. The molecule has 0 aliphatic rings. The van der Waals surface area contributed by atoms with Crippen LogP contribution in [0, 0.1) is 0 Å². The Morgan fingerprint density at radius 2 is 2.11 bits per heavy atom. The van der Waals surface area contributed by atoms with Gasteiger partial charge in [-0.25, -0.2) is 0 Å². The molecule has 0 aliphatic heterocycles. The number of aromatic hydroxyl groups is 1. The fourth-order valence-electron chi connectivity index (χ4n) is 0.654. The highest BCUT2D eigenvalue weighted by atomic mass is 16.3. The summed E-state index contributed by atoms with van der Waals surface area (Å²) in [5.74, 6) is 0.162. The summed E-state index contributed by atoms with van der Waals surface area (Å²) in [6, 6.07) is 5.18. The highest BCUT2D eigenvalue weighted by Gasteiger charge is 1.92. The second-order valence-corrected chi connectivity index (χ2v) is 2.06. The van der Waals surface area contributed by atoms with Gasteiger partial charge in [-0.15, -0.1) is 0 Å². The summed E-state index contributed by atoms with van der Waals surface area (Å²) < 4.78 is 0. The number of nitrogens with two attached hydrogens (primary N) is 1. The number of anilines is 1. The summed E-state index contributed by atoms with van der Waals surface area (Å²) in [5.41, 5.74) is 6.79. The Morgan fingerprint density at radius 1 is 1.44 bits per heavy atom. The van der Waals surface area contributed by atoms with Gasteiger partial charge < -0.3 is 10.8 Å². The van der Waals surface area contributed by atoms with Crippen molar-refractivity contribution < 1.29 is 5.11 Å². The molecule has 0 atom stereocenters. The molecule has 1 aromatic rings. The molecule has 0 aromatic heterocycles. The first kappa shape index (κ1) is 6.01. The van der Waals surface area contributed by atoms with E-state index in [-0.39, 0.29) is 5.75 Å². The average molecular weight is 121 g/mol. The van der Waals surface area contributed by atoms with Crippen molar-refractivity contribution in [3.63, 3.8) is 0 Å². The van der Waals surface area contributed by atoms with Gasteiger partial charge in [0.2, 0.25) is 0 Å². The smallest absolute Gasteiger partial charge is 0.139 e. The molecule has 0 fully saturated rings. The van der Waals surface area contributed by atoms with Crippen LogP contribution in [0.2, 0.25) is 0 Å². The molecule has 0 saturated heterocycles. The van der Waals surface area contributed by atoms with E-state index in [9.17, 15) is 0 Å². The van der Waals surface area contributed by atoms with Crippen LogP contribution in [-0.4, -0.2) is 13.0 Å². The van der Waals surface area contributed by atoms with E-state index in [1.165, 1.54) is 0 Å². The van der Waals surface area contributed by atoms with E-state index < -0.39 is 0 Å². The standard InChI is InChI=1S/C6H8BNO/c7-4-1-2-5(8)6(9)3-4/h1-3,9H,7-8H2. The van der Waals surface area contributed by atoms with E-state index in [2.05, 4.69) is 0 Å². The maximum absolute atomic E-state index is 8.98. The quantitative estimate of drug-likeness (QED) is 0.269. The highest BCUT2D eigenvalue weighted by Crippen LogP contribution is 2.14. The first-order chi connectivity index (χ1) is 4.20. The van der Waals surface area contributed by atoms with Gasteiger partial charge in [0.1, 0.15) is 13.6 Å². The number of benzene rings is 1. The van der Waals surface area contributed by atoms with Gasteiger partial charge in [0.15, 0.2) is 0 Å². The molecule has 0 spiro atoms. The lowest BCUT2D eigenvalue weighted by atomic mass is 9.96. The number of hydrogen-bond donors (Lipinski definition) is 2. The third kappa shape index (κ3) is 1.16. The van der Waals surface area contributed by atoms with Crippen LogP contribution in [0.3, 0.4) is 0 Å². The number of phenolic OH excluding ortho intramolecular Hbond substituents is 1. The predicted octanol–water partition coefficient (Wildman–Crippen LogP) is -0.767. The molecule has 0 aliphatic carbocycles. The molecule has 1 aromatic carbocycles. The van der Waals surface area contributed by atoms with E-state index in [0.717, 1.165) is 5.46 Å². The van der Waals surface area contributed by atoms with Crippen LogP contribution in [0.25, 0.3) is 0 Å². The Morgan fingerprint density at radius 3 is 2.56 bits per heavy atom. The van der Waals surface area contributed by atoms with Gasteiger partial charge in [0.05, 0.1) is 5.69 Å². The van der Waals surface area contributed by atoms with E-state index in [0.29, 0.717) is 5.69 Å². The van der Waals surface area contributed by atoms with Crippen molar-refractivity contribution in [3.8, 4) is 5.75 Å². The fourth-order valence-corrected chi connectivity index (χ4v) is 0.654. The van der Waals surface area contributed by atoms with Crippen molar-refractivity contribution in [2.45, 2.75) is 0 Å². The second-order valence-electron chi connectivity index (χ2n) is 2.06. The molecule has 46 valence electrons. The maximum atomic E-state index is 8.98. The molecular weight excluding hydrogens is 113 g/mol. The lowest BCUT2D eigenvalue weighted by Gasteiger charge is -1.97. The van der Waals surface area contributed by atoms with Crippen molar-refractivity contribution in [2.24, 2.45) is 0 Å². The zero-order valence-electron chi connectivity index (χ0n) is 5.26. The summed E-state index contributed by atoms with van der Waals surface area (Å²) >= 11 is 0. The van der Waals surface area contributed by atoms with Crippen molar-refractivity contribution >= 4 is 19.0 Å². The fraction of sp³-hybridized carbons (Fsp3) is 0. The van der Waals surface area contributed by atoms with E-state index >= 15 is 0 Å². The minimum Gasteiger partial charge on any atom is -0.506 e. The summed E-state index contributed by atoms with van der Waals surface area (Å²) in [5, 5.41) is 8.98. The van der Waals surface area contributed by atoms with Crippen molar-refractivity contribution in [1.82, 2.24) is 0 Å². The van der Waals surface area contributed by atoms with Crippen LogP contribution in [-0.2, 0) is 0 Å². The van der Waals surface area contributed by atoms with Crippen LogP contribution in [0.1, 0.15) is 0 Å².